The minimum Gasteiger partial charge on any atom is -0.258 e. The van der Waals surface area contributed by atoms with Crippen LogP contribution in [0.5, 0.6) is 0 Å². The highest BCUT2D eigenvalue weighted by Crippen LogP contribution is 2.36. The van der Waals surface area contributed by atoms with E-state index in [-0.39, 0.29) is 22.5 Å². The van der Waals surface area contributed by atoms with Gasteiger partial charge in [-0.15, -0.1) is 11.3 Å². The van der Waals surface area contributed by atoms with Gasteiger partial charge in [0, 0.05) is 6.07 Å². The minimum atomic E-state index is -0.635. The Hall–Kier alpha value is -2.09. The molecule has 82 valence electrons. The van der Waals surface area contributed by atoms with E-state index in [1.165, 1.54) is 18.5 Å². The Labute approximate surface area is 92.6 Å². The fraction of sp³-hybridized carbons (Fsp3) is 0.125. The molecule has 0 unspecified atom stereocenters. The second kappa shape index (κ2) is 3.49. The van der Waals surface area contributed by atoms with Gasteiger partial charge in [0.05, 0.1) is 20.1 Å². The largest absolute Gasteiger partial charge is 0.306 e. The van der Waals surface area contributed by atoms with Gasteiger partial charge in [-0.2, -0.15) is 0 Å². The molecule has 0 amide bonds. The van der Waals surface area contributed by atoms with Gasteiger partial charge >= 0.3 is 5.69 Å². The van der Waals surface area contributed by atoms with Crippen molar-refractivity contribution >= 4 is 32.9 Å². The Balaban J connectivity index is 2.92. The van der Waals surface area contributed by atoms with E-state index in [4.69, 9.17) is 0 Å². The standard InChI is InChI=1S/C8H5N3O4S/c1-4-5(10(12)13)2-6-7(9-3-16-6)8(4)11(14)15/h2-3H,1H3. The van der Waals surface area contributed by atoms with E-state index >= 15 is 0 Å². The van der Waals surface area contributed by atoms with Crippen molar-refractivity contribution in [3.05, 3.63) is 37.4 Å². The first kappa shape index (κ1) is 10.4. The molecule has 2 rings (SSSR count). The number of nitro benzene ring substituents is 2. The van der Waals surface area contributed by atoms with Crippen LogP contribution in [0.1, 0.15) is 5.56 Å². The summed E-state index contributed by atoms with van der Waals surface area (Å²) < 4.78 is 0.448. The molecular formula is C8H5N3O4S. The van der Waals surface area contributed by atoms with Crippen molar-refractivity contribution in [3.8, 4) is 0 Å². The molecule has 1 heterocycles. The summed E-state index contributed by atoms with van der Waals surface area (Å²) in [5.41, 5.74) is 1.14. The lowest BCUT2D eigenvalue weighted by Crippen LogP contribution is -1.98. The molecular weight excluding hydrogens is 234 g/mol. The first-order valence-corrected chi connectivity index (χ1v) is 5.06. The van der Waals surface area contributed by atoms with E-state index in [1.54, 1.807) is 0 Å². The molecule has 1 aromatic carbocycles. The number of nitrogens with zero attached hydrogens (tertiary/aromatic N) is 3. The van der Waals surface area contributed by atoms with Gasteiger partial charge in [0.15, 0.2) is 5.52 Å². The Morgan fingerprint density at radius 2 is 2.00 bits per heavy atom. The fourth-order valence-corrected chi connectivity index (χ4v) is 2.19. The number of aromatic nitrogens is 1. The van der Waals surface area contributed by atoms with Gasteiger partial charge in [-0.3, -0.25) is 20.2 Å². The lowest BCUT2D eigenvalue weighted by molar-refractivity contribution is -0.394. The van der Waals surface area contributed by atoms with Crippen LogP contribution in [-0.4, -0.2) is 14.8 Å². The molecule has 16 heavy (non-hydrogen) atoms. The van der Waals surface area contributed by atoms with Crippen LogP contribution >= 0.6 is 11.3 Å². The highest BCUT2D eigenvalue weighted by molar-refractivity contribution is 7.16. The molecule has 0 aliphatic carbocycles. The van der Waals surface area contributed by atoms with E-state index in [9.17, 15) is 20.2 Å². The number of thiazole rings is 1. The quantitative estimate of drug-likeness (QED) is 0.591. The summed E-state index contributed by atoms with van der Waals surface area (Å²) in [5, 5.41) is 21.6. The maximum absolute atomic E-state index is 10.9. The van der Waals surface area contributed by atoms with Crippen molar-refractivity contribution in [3.63, 3.8) is 0 Å². The van der Waals surface area contributed by atoms with Crippen molar-refractivity contribution in [2.45, 2.75) is 6.92 Å². The minimum absolute atomic E-state index is 0.0356. The second-order valence-corrected chi connectivity index (χ2v) is 3.97. The summed E-state index contributed by atoms with van der Waals surface area (Å²) in [6.45, 7) is 1.36. The Bertz CT molecular complexity index is 607. The Morgan fingerprint density at radius 3 is 2.56 bits per heavy atom. The monoisotopic (exact) mass is 239 g/mol. The van der Waals surface area contributed by atoms with Crippen molar-refractivity contribution in [1.29, 1.82) is 0 Å². The van der Waals surface area contributed by atoms with E-state index in [1.807, 2.05) is 0 Å². The molecule has 0 bridgehead atoms. The maximum Gasteiger partial charge on any atom is 0.306 e. The van der Waals surface area contributed by atoms with Crippen molar-refractivity contribution < 1.29 is 9.85 Å². The average molecular weight is 239 g/mol. The van der Waals surface area contributed by atoms with Gasteiger partial charge in [-0.1, -0.05) is 0 Å². The zero-order valence-electron chi connectivity index (χ0n) is 8.04. The highest BCUT2D eigenvalue weighted by atomic mass is 32.1. The van der Waals surface area contributed by atoms with Crippen LogP contribution < -0.4 is 0 Å². The fourth-order valence-electron chi connectivity index (χ4n) is 1.48. The summed E-state index contributed by atoms with van der Waals surface area (Å²) >= 11 is 1.14. The molecule has 0 aliphatic heterocycles. The third kappa shape index (κ3) is 1.39. The van der Waals surface area contributed by atoms with Gasteiger partial charge in [0.25, 0.3) is 5.69 Å². The number of fused-ring (bicyclic) bond motifs is 1. The number of benzene rings is 1. The molecule has 0 N–H and O–H groups in total. The molecule has 0 radical (unpaired) electrons. The molecule has 0 aliphatic rings. The van der Waals surface area contributed by atoms with Crippen LogP contribution in [0, 0.1) is 27.2 Å². The molecule has 8 heteroatoms. The third-order valence-corrected chi connectivity index (χ3v) is 2.98. The molecule has 0 spiro atoms. The molecule has 0 saturated carbocycles. The summed E-state index contributed by atoms with van der Waals surface area (Å²) in [4.78, 5) is 24.2. The number of hydrogen-bond acceptors (Lipinski definition) is 6. The van der Waals surface area contributed by atoms with Crippen LogP contribution in [0.25, 0.3) is 10.2 Å². The predicted octanol–water partition coefficient (Wildman–Crippen LogP) is 2.42. The van der Waals surface area contributed by atoms with Gasteiger partial charge in [0.2, 0.25) is 0 Å². The van der Waals surface area contributed by atoms with Crippen LogP contribution in [0.3, 0.4) is 0 Å². The lowest BCUT2D eigenvalue weighted by atomic mass is 10.1. The Kier molecular flexibility index (Phi) is 2.27. The zero-order valence-corrected chi connectivity index (χ0v) is 8.85. The van der Waals surface area contributed by atoms with Crippen molar-refractivity contribution in [2.75, 3.05) is 0 Å². The summed E-state index contributed by atoms with van der Waals surface area (Å²) in [6.07, 6.45) is 0. The van der Waals surface area contributed by atoms with Crippen LogP contribution in [0.4, 0.5) is 11.4 Å². The highest BCUT2D eigenvalue weighted by Gasteiger charge is 2.26. The molecule has 1 aromatic heterocycles. The third-order valence-electron chi connectivity index (χ3n) is 2.21. The molecule has 0 atom stereocenters. The lowest BCUT2D eigenvalue weighted by Gasteiger charge is -1.99. The first-order chi connectivity index (χ1) is 7.52. The van der Waals surface area contributed by atoms with Gasteiger partial charge in [-0.25, -0.2) is 4.98 Å². The van der Waals surface area contributed by atoms with Crippen molar-refractivity contribution in [2.24, 2.45) is 0 Å². The van der Waals surface area contributed by atoms with Crippen LogP contribution in [0.15, 0.2) is 11.6 Å². The van der Waals surface area contributed by atoms with E-state index in [0.29, 0.717) is 4.70 Å². The number of nitro groups is 2. The van der Waals surface area contributed by atoms with E-state index in [0.717, 1.165) is 11.3 Å². The van der Waals surface area contributed by atoms with Crippen molar-refractivity contribution in [1.82, 2.24) is 4.98 Å². The topological polar surface area (TPSA) is 99.2 Å². The molecule has 7 nitrogen and oxygen atoms in total. The zero-order chi connectivity index (χ0) is 11.9. The maximum atomic E-state index is 10.9. The van der Waals surface area contributed by atoms with E-state index in [2.05, 4.69) is 4.98 Å². The normalized spacial score (nSPS) is 10.6. The summed E-state index contributed by atoms with van der Waals surface area (Å²) in [7, 11) is 0. The number of rotatable bonds is 2. The second-order valence-electron chi connectivity index (χ2n) is 3.08. The Morgan fingerprint density at radius 1 is 1.31 bits per heavy atom. The van der Waals surface area contributed by atoms with Gasteiger partial charge in [-0.05, 0) is 6.92 Å². The average Bonchev–Trinajstić information content (AvgIpc) is 2.62. The van der Waals surface area contributed by atoms with Gasteiger partial charge in [0.1, 0.15) is 5.56 Å². The molecule has 2 aromatic rings. The first-order valence-electron chi connectivity index (χ1n) is 4.18. The van der Waals surface area contributed by atoms with Gasteiger partial charge < -0.3 is 0 Å². The van der Waals surface area contributed by atoms with Crippen LogP contribution in [-0.2, 0) is 0 Å². The summed E-state index contributed by atoms with van der Waals surface area (Å²) in [6, 6.07) is 1.31. The van der Waals surface area contributed by atoms with Crippen LogP contribution in [0.2, 0.25) is 0 Å². The molecule has 0 fully saturated rings. The number of hydrogen-bond donors (Lipinski definition) is 0. The SMILES string of the molecule is Cc1c([N+](=O)[O-])cc2scnc2c1[N+](=O)[O-]. The molecule has 0 saturated heterocycles. The predicted molar refractivity (Wildman–Crippen MR) is 57.7 cm³/mol. The smallest absolute Gasteiger partial charge is 0.258 e. The van der Waals surface area contributed by atoms with E-state index < -0.39 is 9.85 Å². The summed E-state index contributed by atoms with van der Waals surface area (Å²) in [5.74, 6) is 0.